The van der Waals surface area contributed by atoms with Gasteiger partial charge in [-0.05, 0) is 59.7 Å². The Morgan fingerprint density at radius 2 is 1.00 bits per heavy atom. The minimum Gasteiger partial charge on any atom is -0.372 e. The van der Waals surface area contributed by atoms with Crippen LogP contribution in [0.4, 0.5) is 11.4 Å². The molecule has 0 bridgehead atoms. The summed E-state index contributed by atoms with van der Waals surface area (Å²) in [5, 5.41) is 23.2. The zero-order valence-corrected chi connectivity index (χ0v) is 22.2. The summed E-state index contributed by atoms with van der Waals surface area (Å²) in [6, 6.07) is 24.5. The largest absolute Gasteiger partial charge is 0.372 e. The van der Waals surface area contributed by atoms with E-state index in [2.05, 4.69) is 0 Å². The first-order valence-corrected chi connectivity index (χ1v) is 13.2. The Bertz CT molecular complexity index is 1330. The minimum atomic E-state index is -0.441. The topological polar surface area (TPSA) is 95.5 Å². The maximum atomic E-state index is 11.3. The number of nitrogens with zero attached hydrogens (tertiary/aromatic N) is 2. The fraction of sp³-hybridized carbons (Fsp3) is 0.0769. The maximum absolute atomic E-state index is 11.3. The van der Waals surface area contributed by atoms with E-state index < -0.39 is 9.85 Å². The molecule has 0 radical (unpaired) electrons. The summed E-state index contributed by atoms with van der Waals surface area (Å²) in [7, 11) is 0. The van der Waals surface area contributed by atoms with Crippen molar-refractivity contribution >= 4 is 58.1 Å². The minimum absolute atomic E-state index is 0.0271. The van der Waals surface area contributed by atoms with E-state index in [0.29, 0.717) is 33.0 Å². The molecule has 0 aliphatic heterocycles. The van der Waals surface area contributed by atoms with E-state index in [1.165, 1.54) is 35.7 Å². The van der Waals surface area contributed by atoms with Gasteiger partial charge in [-0.3, -0.25) is 20.2 Å². The van der Waals surface area contributed by atoms with Crippen LogP contribution >= 0.6 is 46.7 Å². The molecule has 0 heterocycles. The van der Waals surface area contributed by atoms with Gasteiger partial charge in [0.05, 0.1) is 32.9 Å². The Morgan fingerprint density at radius 1 is 0.622 bits per heavy atom. The average molecular weight is 573 g/mol. The summed E-state index contributed by atoms with van der Waals surface area (Å²) in [6.07, 6.45) is 0. The summed E-state index contributed by atoms with van der Waals surface area (Å²) in [5.74, 6) is 0. The summed E-state index contributed by atoms with van der Waals surface area (Å²) < 4.78 is 5.83. The lowest BCUT2D eigenvalue weighted by Crippen LogP contribution is -1.94. The van der Waals surface area contributed by atoms with Crippen LogP contribution < -0.4 is 0 Å². The summed E-state index contributed by atoms with van der Waals surface area (Å²) >= 11 is 14.4. The van der Waals surface area contributed by atoms with E-state index in [1.807, 2.05) is 48.5 Å². The molecule has 0 amide bonds. The number of benzene rings is 4. The third-order valence-corrected chi connectivity index (χ3v) is 7.69. The van der Waals surface area contributed by atoms with Crippen LogP contribution in [0.2, 0.25) is 10.0 Å². The van der Waals surface area contributed by atoms with Gasteiger partial charge in [0, 0.05) is 32.0 Å². The average Bonchev–Trinajstić information content (AvgIpc) is 2.88. The van der Waals surface area contributed by atoms with Gasteiger partial charge in [0.25, 0.3) is 11.4 Å². The standard InChI is InChI=1S/C26H18Cl2N2O5S2/c27-19-5-11-25(23(13-19)29(31)32)36-21-7-1-17(2-8-21)15-35-16-18-3-9-22(10-4-18)37-26-12-6-20(28)14-24(26)30(33)34/h1-14H,15-16H2. The lowest BCUT2D eigenvalue weighted by Gasteiger charge is -2.08. The molecule has 0 saturated carbocycles. The highest BCUT2D eigenvalue weighted by Crippen LogP contribution is 2.37. The maximum Gasteiger partial charge on any atom is 0.284 e. The number of rotatable bonds is 10. The predicted octanol–water partition coefficient (Wildman–Crippen LogP) is 8.83. The summed E-state index contributed by atoms with van der Waals surface area (Å²) in [4.78, 5) is 24.5. The quantitative estimate of drug-likeness (QED) is 0.138. The Balaban J connectivity index is 1.30. The van der Waals surface area contributed by atoms with Gasteiger partial charge in [-0.25, -0.2) is 0 Å². The number of ether oxygens (including phenoxy) is 1. The molecule has 0 atom stereocenters. The normalized spacial score (nSPS) is 10.9. The molecule has 0 saturated heterocycles. The van der Waals surface area contributed by atoms with Gasteiger partial charge in [0.2, 0.25) is 0 Å². The Morgan fingerprint density at radius 3 is 1.35 bits per heavy atom. The molecular weight excluding hydrogens is 555 g/mol. The second-order valence-corrected chi connectivity index (χ2v) is 10.8. The number of hydrogen-bond donors (Lipinski definition) is 0. The molecule has 0 aromatic heterocycles. The molecule has 0 aliphatic carbocycles. The van der Waals surface area contributed by atoms with Crippen molar-refractivity contribution in [1.82, 2.24) is 0 Å². The van der Waals surface area contributed by atoms with Crippen molar-refractivity contribution < 1.29 is 14.6 Å². The van der Waals surface area contributed by atoms with E-state index in [1.54, 1.807) is 24.3 Å². The van der Waals surface area contributed by atoms with E-state index in [4.69, 9.17) is 27.9 Å². The van der Waals surface area contributed by atoms with Crippen molar-refractivity contribution in [3.63, 3.8) is 0 Å². The monoisotopic (exact) mass is 572 g/mol. The molecule has 0 N–H and O–H groups in total. The fourth-order valence-electron chi connectivity index (χ4n) is 3.29. The van der Waals surface area contributed by atoms with Gasteiger partial charge >= 0.3 is 0 Å². The number of nitro benzene ring substituents is 2. The van der Waals surface area contributed by atoms with Gasteiger partial charge < -0.3 is 4.74 Å². The molecule has 188 valence electrons. The predicted molar refractivity (Wildman–Crippen MR) is 146 cm³/mol. The van der Waals surface area contributed by atoms with Crippen LogP contribution in [-0.4, -0.2) is 9.85 Å². The second-order valence-electron chi connectivity index (χ2n) is 7.72. The van der Waals surface area contributed by atoms with Crippen molar-refractivity contribution in [2.24, 2.45) is 0 Å². The van der Waals surface area contributed by atoms with Crippen LogP contribution in [0.1, 0.15) is 11.1 Å². The SMILES string of the molecule is O=[N+]([O-])c1cc(Cl)ccc1Sc1ccc(COCc2ccc(Sc3ccc(Cl)cc3[N+](=O)[O-])cc2)cc1. The zero-order chi connectivity index (χ0) is 26.4. The Hall–Kier alpha value is -3.08. The first-order chi connectivity index (χ1) is 17.8. The molecule has 4 aromatic carbocycles. The number of halogens is 2. The second kappa shape index (κ2) is 12.4. The van der Waals surface area contributed by atoms with Crippen molar-refractivity contribution in [3.05, 3.63) is 126 Å². The van der Waals surface area contributed by atoms with Crippen LogP contribution in [-0.2, 0) is 18.0 Å². The molecule has 0 aliphatic rings. The van der Waals surface area contributed by atoms with E-state index >= 15 is 0 Å². The molecule has 0 unspecified atom stereocenters. The van der Waals surface area contributed by atoms with Crippen LogP contribution in [0, 0.1) is 20.2 Å². The van der Waals surface area contributed by atoms with Crippen LogP contribution in [0.3, 0.4) is 0 Å². The summed E-state index contributed by atoms with van der Waals surface area (Å²) in [6.45, 7) is 0.805. The molecule has 0 fully saturated rings. The van der Waals surface area contributed by atoms with E-state index in [9.17, 15) is 20.2 Å². The van der Waals surface area contributed by atoms with Crippen LogP contribution in [0.25, 0.3) is 0 Å². The third-order valence-electron chi connectivity index (χ3n) is 5.08. The fourth-order valence-corrected chi connectivity index (χ4v) is 5.42. The lowest BCUT2D eigenvalue weighted by molar-refractivity contribution is -0.387. The summed E-state index contributed by atoms with van der Waals surface area (Å²) in [5.41, 5.74) is 1.88. The van der Waals surface area contributed by atoms with Crippen LogP contribution in [0.15, 0.2) is 105 Å². The Kier molecular flexibility index (Phi) is 9.07. The lowest BCUT2D eigenvalue weighted by atomic mass is 10.2. The first kappa shape index (κ1) is 27.0. The molecular formula is C26H18Cl2N2O5S2. The van der Waals surface area contributed by atoms with Gasteiger partial charge in [0.1, 0.15) is 0 Å². The van der Waals surface area contributed by atoms with Crippen molar-refractivity contribution in [3.8, 4) is 0 Å². The van der Waals surface area contributed by atoms with Crippen molar-refractivity contribution in [2.45, 2.75) is 32.8 Å². The molecule has 11 heteroatoms. The third kappa shape index (κ3) is 7.47. The number of nitro groups is 2. The highest BCUT2D eigenvalue weighted by atomic mass is 35.5. The highest BCUT2D eigenvalue weighted by molar-refractivity contribution is 7.99. The van der Waals surface area contributed by atoms with Gasteiger partial charge in [-0.15, -0.1) is 0 Å². The number of hydrogen-bond acceptors (Lipinski definition) is 7. The Labute approximate surface area is 231 Å². The smallest absolute Gasteiger partial charge is 0.284 e. The zero-order valence-electron chi connectivity index (χ0n) is 19.0. The molecule has 4 rings (SSSR count). The van der Waals surface area contributed by atoms with Gasteiger partial charge in [-0.2, -0.15) is 0 Å². The van der Waals surface area contributed by atoms with Gasteiger partial charge in [-0.1, -0.05) is 71.0 Å². The van der Waals surface area contributed by atoms with Crippen molar-refractivity contribution in [2.75, 3.05) is 0 Å². The van der Waals surface area contributed by atoms with E-state index in [0.717, 1.165) is 20.9 Å². The van der Waals surface area contributed by atoms with Gasteiger partial charge in [0.15, 0.2) is 0 Å². The van der Waals surface area contributed by atoms with E-state index in [-0.39, 0.29) is 11.4 Å². The molecule has 0 spiro atoms. The van der Waals surface area contributed by atoms with Crippen LogP contribution in [0.5, 0.6) is 0 Å². The molecule has 4 aromatic rings. The first-order valence-electron chi connectivity index (χ1n) is 10.8. The van der Waals surface area contributed by atoms with Crippen molar-refractivity contribution in [1.29, 1.82) is 0 Å². The molecule has 7 nitrogen and oxygen atoms in total. The highest BCUT2D eigenvalue weighted by Gasteiger charge is 2.16. The molecule has 37 heavy (non-hydrogen) atoms.